The van der Waals surface area contributed by atoms with Crippen LogP contribution in [0.25, 0.3) is 5.82 Å². The number of aryl methyl sites for hydroxylation is 2. The van der Waals surface area contributed by atoms with Crippen LogP contribution in [-0.2, 0) is 0 Å². The fraction of sp³-hybridized carbons (Fsp3) is 0.300. The zero-order chi connectivity index (χ0) is 12.6. The van der Waals surface area contributed by atoms with Gasteiger partial charge < -0.3 is 0 Å². The second-order valence-electron chi connectivity index (χ2n) is 3.55. The standard InChI is InChI=1S/C10H11BrN4OS/c1-5-4-7(13-10(12-5)17-3)15-9(16)8(11)6(2)14-15/h4,14H,1-3H3. The molecule has 5 nitrogen and oxygen atoms in total. The van der Waals surface area contributed by atoms with E-state index in [4.69, 9.17) is 0 Å². The number of aromatic amines is 1. The Labute approximate surface area is 111 Å². The Hall–Kier alpha value is -1.08. The molecule has 2 aromatic rings. The maximum absolute atomic E-state index is 11.9. The fourth-order valence-corrected chi connectivity index (χ4v) is 2.10. The minimum absolute atomic E-state index is 0.146. The number of aromatic nitrogens is 4. The number of halogens is 1. The summed E-state index contributed by atoms with van der Waals surface area (Å²) in [5.41, 5.74) is 1.46. The summed E-state index contributed by atoms with van der Waals surface area (Å²) in [5.74, 6) is 0.556. The van der Waals surface area contributed by atoms with Crippen molar-refractivity contribution < 1.29 is 0 Å². The molecule has 0 aliphatic heterocycles. The minimum Gasteiger partial charge on any atom is -0.293 e. The Morgan fingerprint density at radius 3 is 2.65 bits per heavy atom. The first-order valence-corrected chi connectivity index (χ1v) is 6.92. The van der Waals surface area contributed by atoms with E-state index in [1.165, 1.54) is 16.4 Å². The third kappa shape index (κ3) is 2.30. The van der Waals surface area contributed by atoms with Crippen molar-refractivity contribution in [1.29, 1.82) is 0 Å². The first kappa shape index (κ1) is 12.4. The highest BCUT2D eigenvalue weighted by Gasteiger charge is 2.11. The molecule has 0 saturated carbocycles. The van der Waals surface area contributed by atoms with Crippen molar-refractivity contribution in [2.45, 2.75) is 19.0 Å². The summed E-state index contributed by atoms with van der Waals surface area (Å²) in [6.07, 6.45) is 1.90. The van der Waals surface area contributed by atoms with Gasteiger partial charge in [0.15, 0.2) is 11.0 Å². The molecule has 0 aliphatic rings. The highest BCUT2D eigenvalue weighted by atomic mass is 79.9. The van der Waals surface area contributed by atoms with E-state index in [0.717, 1.165) is 11.4 Å². The van der Waals surface area contributed by atoms with Gasteiger partial charge in [-0.15, -0.1) is 0 Å². The summed E-state index contributed by atoms with van der Waals surface area (Å²) < 4.78 is 1.94. The molecule has 7 heteroatoms. The van der Waals surface area contributed by atoms with Gasteiger partial charge in [-0.3, -0.25) is 9.89 Å². The third-order valence-corrected chi connectivity index (χ3v) is 3.71. The lowest BCUT2D eigenvalue weighted by Crippen LogP contribution is -2.16. The second-order valence-corrected chi connectivity index (χ2v) is 5.11. The van der Waals surface area contributed by atoms with Crippen LogP contribution < -0.4 is 5.56 Å². The number of thioether (sulfide) groups is 1. The van der Waals surface area contributed by atoms with E-state index >= 15 is 0 Å². The summed E-state index contributed by atoms with van der Waals surface area (Å²) in [5, 5.41) is 3.61. The van der Waals surface area contributed by atoms with E-state index in [0.29, 0.717) is 15.4 Å². The molecule has 0 aliphatic carbocycles. The van der Waals surface area contributed by atoms with Gasteiger partial charge in [-0.1, -0.05) is 11.8 Å². The van der Waals surface area contributed by atoms with Crippen LogP contribution >= 0.6 is 27.7 Å². The van der Waals surface area contributed by atoms with Gasteiger partial charge in [0.25, 0.3) is 5.56 Å². The zero-order valence-corrected chi connectivity index (χ0v) is 12.0. The van der Waals surface area contributed by atoms with E-state index in [1.807, 2.05) is 20.1 Å². The van der Waals surface area contributed by atoms with Gasteiger partial charge in [0.2, 0.25) is 0 Å². The number of rotatable bonds is 2. The van der Waals surface area contributed by atoms with Gasteiger partial charge in [0.1, 0.15) is 4.47 Å². The van der Waals surface area contributed by atoms with Gasteiger partial charge in [0, 0.05) is 17.5 Å². The van der Waals surface area contributed by atoms with Gasteiger partial charge in [-0.25, -0.2) is 14.6 Å². The highest BCUT2D eigenvalue weighted by molar-refractivity contribution is 9.10. The van der Waals surface area contributed by atoms with Crippen molar-refractivity contribution in [3.05, 3.63) is 32.3 Å². The Balaban J connectivity index is 2.64. The monoisotopic (exact) mass is 314 g/mol. The highest BCUT2D eigenvalue weighted by Crippen LogP contribution is 2.14. The molecule has 17 heavy (non-hydrogen) atoms. The van der Waals surface area contributed by atoms with Crippen LogP contribution in [0.5, 0.6) is 0 Å². The van der Waals surface area contributed by atoms with Crippen LogP contribution in [0.2, 0.25) is 0 Å². The lowest BCUT2D eigenvalue weighted by atomic mass is 10.4. The molecule has 0 aromatic carbocycles. The predicted molar refractivity (Wildman–Crippen MR) is 70.9 cm³/mol. The molecular weight excluding hydrogens is 304 g/mol. The predicted octanol–water partition coefficient (Wildman–Crippen LogP) is 2.06. The molecule has 2 aromatic heterocycles. The van der Waals surface area contributed by atoms with E-state index in [-0.39, 0.29) is 5.56 Å². The molecule has 0 saturated heterocycles. The maximum atomic E-state index is 11.9. The second kappa shape index (κ2) is 4.66. The first-order chi connectivity index (χ1) is 8.02. The molecule has 0 bridgehead atoms. The van der Waals surface area contributed by atoms with Crippen LogP contribution in [-0.4, -0.2) is 26.0 Å². The van der Waals surface area contributed by atoms with Crippen LogP contribution in [0.1, 0.15) is 11.4 Å². The Morgan fingerprint density at radius 2 is 2.12 bits per heavy atom. The van der Waals surface area contributed by atoms with Crippen LogP contribution in [0.15, 0.2) is 20.5 Å². The summed E-state index contributed by atoms with van der Waals surface area (Å²) >= 11 is 4.68. The van der Waals surface area contributed by atoms with Crippen LogP contribution in [0, 0.1) is 13.8 Å². The SMILES string of the molecule is CSc1nc(C)cc(-n2[nH]c(C)c(Br)c2=O)n1. The largest absolute Gasteiger partial charge is 0.293 e. The summed E-state index contributed by atoms with van der Waals surface area (Å²) in [6, 6.07) is 1.77. The number of hydrogen-bond donors (Lipinski definition) is 1. The van der Waals surface area contributed by atoms with Crippen molar-refractivity contribution in [3.8, 4) is 5.82 Å². The molecule has 0 fully saturated rings. The third-order valence-electron chi connectivity index (χ3n) is 2.23. The molecule has 0 spiro atoms. The molecule has 0 atom stereocenters. The minimum atomic E-state index is -0.146. The normalized spacial score (nSPS) is 10.8. The van der Waals surface area contributed by atoms with Gasteiger partial charge in [-0.05, 0) is 36.0 Å². The number of nitrogens with one attached hydrogen (secondary N) is 1. The van der Waals surface area contributed by atoms with E-state index in [1.54, 1.807) is 6.07 Å². The molecule has 1 N–H and O–H groups in total. The topological polar surface area (TPSA) is 63.6 Å². The average molecular weight is 315 g/mol. The van der Waals surface area contributed by atoms with Crippen LogP contribution in [0.3, 0.4) is 0 Å². The average Bonchev–Trinajstić information content (AvgIpc) is 2.56. The number of hydrogen-bond acceptors (Lipinski definition) is 4. The fourth-order valence-electron chi connectivity index (χ4n) is 1.42. The molecule has 0 unspecified atom stereocenters. The van der Waals surface area contributed by atoms with Crippen molar-refractivity contribution in [2.24, 2.45) is 0 Å². The van der Waals surface area contributed by atoms with E-state index < -0.39 is 0 Å². The Bertz CT molecular complexity index is 619. The maximum Gasteiger partial charge on any atom is 0.287 e. The quantitative estimate of drug-likeness (QED) is 0.680. The smallest absolute Gasteiger partial charge is 0.287 e. The molecule has 0 amide bonds. The number of nitrogens with zero attached hydrogens (tertiary/aromatic N) is 3. The summed E-state index contributed by atoms with van der Waals surface area (Å²) in [7, 11) is 0. The first-order valence-electron chi connectivity index (χ1n) is 4.90. The van der Waals surface area contributed by atoms with Crippen LogP contribution in [0.4, 0.5) is 0 Å². The Morgan fingerprint density at radius 1 is 1.41 bits per heavy atom. The Kier molecular flexibility index (Phi) is 3.39. The van der Waals surface area contributed by atoms with Crippen molar-refractivity contribution in [1.82, 2.24) is 19.7 Å². The summed E-state index contributed by atoms with van der Waals surface area (Å²) in [4.78, 5) is 20.5. The van der Waals surface area contributed by atoms with Gasteiger partial charge >= 0.3 is 0 Å². The van der Waals surface area contributed by atoms with Crippen molar-refractivity contribution in [2.75, 3.05) is 6.26 Å². The molecule has 2 heterocycles. The lowest BCUT2D eigenvalue weighted by molar-refractivity contribution is 0.771. The van der Waals surface area contributed by atoms with Gasteiger partial charge in [-0.2, -0.15) is 0 Å². The lowest BCUT2D eigenvalue weighted by Gasteiger charge is -2.03. The molecule has 0 radical (unpaired) electrons. The molecule has 90 valence electrons. The van der Waals surface area contributed by atoms with Crippen molar-refractivity contribution >= 4 is 27.7 Å². The molecule has 2 rings (SSSR count). The summed E-state index contributed by atoms with van der Waals surface area (Å²) in [6.45, 7) is 3.70. The van der Waals surface area contributed by atoms with Gasteiger partial charge in [0.05, 0.1) is 0 Å². The molecular formula is C10H11BrN4OS. The zero-order valence-electron chi connectivity index (χ0n) is 9.61. The van der Waals surface area contributed by atoms with E-state index in [2.05, 4.69) is 31.0 Å². The van der Waals surface area contributed by atoms with Crippen molar-refractivity contribution in [3.63, 3.8) is 0 Å². The number of H-pyrrole nitrogens is 1. The van der Waals surface area contributed by atoms with E-state index in [9.17, 15) is 4.79 Å².